The highest BCUT2D eigenvalue weighted by Gasteiger charge is 2.47. The van der Waals surface area contributed by atoms with Crippen LogP contribution in [0.5, 0.6) is 0 Å². The largest absolute Gasteiger partial charge is 0.478 e. The molecule has 0 saturated carbocycles. The predicted octanol–water partition coefficient (Wildman–Crippen LogP) is 4.53. The molecule has 0 aliphatic carbocycles. The Morgan fingerprint density at radius 1 is 1.07 bits per heavy atom. The van der Waals surface area contributed by atoms with Crippen LogP contribution in [0.4, 0.5) is 19.0 Å². The Labute approximate surface area is 158 Å². The van der Waals surface area contributed by atoms with Crippen molar-refractivity contribution < 1.29 is 23.1 Å². The molecule has 4 rings (SSSR count). The fourth-order valence-corrected chi connectivity index (χ4v) is 3.53. The first-order valence-corrected chi connectivity index (χ1v) is 8.78. The molecule has 28 heavy (non-hydrogen) atoms. The number of carboxylic acid groups (broad SMARTS) is 1. The summed E-state index contributed by atoms with van der Waals surface area (Å²) in [5.41, 5.74) is 1.70. The van der Waals surface area contributed by atoms with Crippen LogP contribution >= 0.6 is 0 Å². The molecule has 5 nitrogen and oxygen atoms in total. The van der Waals surface area contributed by atoms with Gasteiger partial charge in [-0.1, -0.05) is 30.3 Å². The second-order valence-corrected chi connectivity index (χ2v) is 6.66. The summed E-state index contributed by atoms with van der Waals surface area (Å²) < 4.78 is 40.6. The Kier molecular flexibility index (Phi) is 4.41. The van der Waals surface area contributed by atoms with Crippen LogP contribution in [0, 0.1) is 0 Å². The van der Waals surface area contributed by atoms with Crippen molar-refractivity contribution in [1.82, 2.24) is 9.97 Å². The number of aromatic carboxylic acids is 1. The molecule has 0 bridgehead atoms. The van der Waals surface area contributed by atoms with Crippen molar-refractivity contribution in [1.29, 1.82) is 0 Å². The molecule has 1 fully saturated rings. The van der Waals surface area contributed by atoms with Crippen LogP contribution in [0.2, 0.25) is 0 Å². The van der Waals surface area contributed by atoms with E-state index in [0.717, 1.165) is 0 Å². The molecule has 8 heteroatoms. The van der Waals surface area contributed by atoms with Crippen LogP contribution < -0.4 is 4.90 Å². The van der Waals surface area contributed by atoms with Gasteiger partial charge in [-0.25, -0.2) is 14.8 Å². The number of fused-ring (bicyclic) bond motifs is 1. The van der Waals surface area contributed by atoms with Crippen LogP contribution in [0.1, 0.15) is 23.2 Å². The summed E-state index contributed by atoms with van der Waals surface area (Å²) in [6.07, 6.45) is -4.00. The van der Waals surface area contributed by atoms with Crippen molar-refractivity contribution in [2.75, 3.05) is 11.4 Å². The lowest BCUT2D eigenvalue weighted by Gasteiger charge is -2.29. The van der Waals surface area contributed by atoms with Gasteiger partial charge in [0.25, 0.3) is 0 Å². The fraction of sp³-hybridized carbons (Fsp3) is 0.250. The number of anilines is 1. The van der Waals surface area contributed by atoms with E-state index >= 15 is 0 Å². The van der Waals surface area contributed by atoms with Gasteiger partial charge in [0.05, 0.1) is 16.6 Å². The first-order chi connectivity index (χ1) is 13.3. The maximum Gasteiger partial charge on any atom is 0.408 e. The Morgan fingerprint density at radius 3 is 2.50 bits per heavy atom. The average Bonchev–Trinajstić information content (AvgIpc) is 3.17. The zero-order valence-corrected chi connectivity index (χ0v) is 14.6. The van der Waals surface area contributed by atoms with Crippen LogP contribution in [0.25, 0.3) is 22.3 Å². The van der Waals surface area contributed by atoms with Gasteiger partial charge in [0.15, 0.2) is 5.82 Å². The minimum atomic E-state index is -4.38. The normalized spacial score (nSPS) is 17.2. The third kappa shape index (κ3) is 3.26. The van der Waals surface area contributed by atoms with Crippen molar-refractivity contribution in [3.63, 3.8) is 0 Å². The summed E-state index contributed by atoms with van der Waals surface area (Å²) in [4.78, 5) is 21.5. The zero-order valence-electron chi connectivity index (χ0n) is 14.6. The summed E-state index contributed by atoms with van der Waals surface area (Å²) in [7, 11) is 0. The standard InChI is InChI=1S/C20H16F3N3O2/c21-20(22,23)16-7-4-10-26(16)18-17(12-5-2-1-3-6-12)24-14-9-8-13(19(27)28)11-15(14)25-18/h1-3,5-6,8-9,11,16H,4,7,10H2,(H,27,28). The van der Waals surface area contributed by atoms with Gasteiger partial charge in [-0.3, -0.25) is 0 Å². The van der Waals surface area contributed by atoms with Gasteiger partial charge in [-0.05, 0) is 31.0 Å². The van der Waals surface area contributed by atoms with Gasteiger partial charge in [-0.2, -0.15) is 13.2 Å². The number of benzene rings is 2. The fourth-order valence-electron chi connectivity index (χ4n) is 3.53. The molecular weight excluding hydrogens is 371 g/mol. The lowest BCUT2D eigenvalue weighted by atomic mass is 10.1. The second-order valence-electron chi connectivity index (χ2n) is 6.66. The Bertz CT molecular complexity index is 1040. The minimum absolute atomic E-state index is 0.00733. The molecule has 2 heterocycles. The van der Waals surface area contributed by atoms with E-state index in [1.54, 1.807) is 24.3 Å². The van der Waals surface area contributed by atoms with E-state index in [4.69, 9.17) is 0 Å². The van der Waals surface area contributed by atoms with Gasteiger partial charge in [0.1, 0.15) is 11.7 Å². The van der Waals surface area contributed by atoms with E-state index in [1.165, 1.54) is 23.1 Å². The molecule has 0 spiro atoms. The second kappa shape index (κ2) is 6.78. The number of carboxylic acids is 1. The third-order valence-electron chi connectivity index (χ3n) is 4.84. The van der Waals surface area contributed by atoms with E-state index in [-0.39, 0.29) is 29.9 Å². The highest BCUT2D eigenvalue weighted by molar-refractivity contribution is 5.93. The number of rotatable bonds is 3. The first-order valence-electron chi connectivity index (χ1n) is 8.78. The molecule has 1 saturated heterocycles. The molecule has 2 aromatic carbocycles. The van der Waals surface area contributed by atoms with Crippen molar-refractivity contribution in [2.24, 2.45) is 0 Å². The molecule has 3 aromatic rings. The average molecular weight is 387 g/mol. The number of carbonyl (C=O) groups is 1. The maximum atomic E-state index is 13.5. The van der Waals surface area contributed by atoms with Gasteiger partial charge in [0.2, 0.25) is 0 Å². The van der Waals surface area contributed by atoms with E-state index in [2.05, 4.69) is 9.97 Å². The summed E-state index contributed by atoms with van der Waals surface area (Å²) in [6.45, 7) is 0.211. The van der Waals surface area contributed by atoms with E-state index in [1.807, 2.05) is 6.07 Å². The number of aromatic nitrogens is 2. The van der Waals surface area contributed by atoms with Crippen LogP contribution in [-0.2, 0) is 0 Å². The Morgan fingerprint density at radius 2 is 1.82 bits per heavy atom. The van der Waals surface area contributed by atoms with Gasteiger partial charge >= 0.3 is 12.1 Å². The Balaban J connectivity index is 1.94. The molecule has 1 aromatic heterocycles. The molecule has 144 valence electrons. The maximum absolute atomic E-state index is 13.5. The number of alkyl halides is 3. The molecule has 1 N–H and O–H groups in total. The monoisotopic (exact) mass is 387 g/mol. The van der Waals surface area contributed by atoms with Crippen LogP contribution in [-0.4, -0.2) is 39.8 Å². The molecule has 1 aliphatic rings. The van der Waals surface area contributed by atoms with E-state index in [0.29, 0.717) is 23.2 Å². The smallest absolute Gasteiger partial charge is 0.408 e. The lowest BCUT2D eigenvalue weighted by Crippen LogP contribution is -2.42. The SMILES string of the molecule is O=C(O)c1ccc2nc(-c3ccccc3)c(N3CCCC3C(F)(F)F)nc2c1. The quantitative estimate of drug-likeness (QED) is 0.716. The zero-order chi connectivity index (χ0) is 19.9. The van der Waals surface area contributed by atoms with Crippen molar-refractivity contribution >= 4 is 22.8 Å². The molecular formula is C20H16F3N3O2. The van der Waals surface area contributed by atoms with E-state index < -0.39 is 18.2 Å². The highest BCUT2D eigenvalue weighted by Crippen LogP contribution is 2.39. The first kappa shape index (κ1) is 18.2. The number of halogens is 3. The summed E-state index contributed by atoms with van der Waals surface area (Å²) >= 11 is 0. The van der Waals surface area contributed by atoms with Gasteiger partial charge in [-0.15, -0.1) is 0 Å². The van der Waals surface area contributed by atoms with Gasteiger partial charge in [0, 0.05) is 12.1 Å². The molecule has 1 unspecified atom stereocenters. The number of hydrogen-bond acceptors (Lipinski definition) is 4. The highest BCUT2D eigenvalue weighted by atomic mass is 19.4. The number of nitrogens with zero attached hydrogens (tertiary/aromatic N) is 3. The van der Waals surface area contributed by atoms with Crippen LogP contribution in [0.15, 0.2) is 48.5 Å². The number of hydrogen-bond donors (Lipinski definition) is 1. The van der Waals surface area contributed by atoms with Crippen molar-refractivity contribution in [3.05, 3.63) is 54.1 Å². The summed E-state index contributed by atoms with van der Waals surface area (Å²) in [6, 6.07) is 11.5. The third-order valence-corrected chi connectivity index (χ3v) is 4.84. The lowest BCUT2D eigenvalue weighted by molar-refractivity contribution is -0.146. The van der Waals surface area contributed by atoms with Crippen molar-refractivity contribution in [2.45, 2.75) is 25.1 Å². The Hall–Kier alpha value is -3.16. The summed E-state index contributed by atoms with van der Waals surface area (Å²) in [5.74, 6) is -1.01. The molecule has 0 radical (unpaired) electrons. The molecule has 1 atom stereocenters. The van der Waals surface area contributed by atoms with Crippen molar-refractivity contribution in [3.8, 4) is 11.3 Å². The predicted molar refractivity (Wildman–Crippen MR) is 98.4 cm³/mol. The molecule has 0 amide bonds. The topological polar surface area (TPSA) is 66.3 Å². The summed E-state index contributed by atoms with van der Waals surface area (Å²) in [5, 5.41) is 9.20. The van der Waals surface area contributed by atoms with Gasteiger partial charge < -0.3 is 10.0 Å². The van der Waals surface area contributed by atoms with Crippen LogP contribution in [0.3, 0.4) is 0 Å². The minimum Gasteiger partial charge on any atom is -0.478 e. The van der Waals surface area contributed by atoms with E-state index in [9.17, 15) is 23.1 Å². The molecule has 1 aliphatic heterocycles.